The molecule has 0 saturated carbocycles. The largest absolute Gasteiger partial charge is 0.478 e. The van der Waals surface area contributed by atoms with E-state index in [0.717, 1.165) is 12.8 Å². The lowest BCUT2D eigenvalue weighted by molar-refractivity contribution is -0.0115. The topological polar surface area (TPSA) is 93.1 Å². The van der Waals surface area contributed by atoms with Crippen molar-refractivity contribution >= 4 is 11.9 Å². The summed E-state index contributed by atoms with van der Waals surface area (Å²) in [6, 6.07) is 5.82. The van der Waals surface area contributed by atoms with Gasteiger partial charge in [0.05, 0.1) is 17.7 Å². The van der Waals surface area contributed by atoms with Crippen molar-refractivity contribution in [1.29, 1.82) is 0 Å². The number of carbonyl (C=O) groups excluding carboxylic acids is 1. The maximum absolute atomic E-state index is 12.0. The van der Waals surface area contributed by atoms with E-state index in [0.29, 0.717) is 6.61 Å². The molecule has 6 heteroatoms. The van der Waals surface area contributed by atoms with Crippen LogP contribution in [0.5, 0.6) is 0 Å². The number of aliphatic hydroxyl groups is 1. The Labute approximate surface area is 187 Å². The van der Waals surface area contributed by atoms with Crippen LogP contribution in [-0.2, 0) is 9.47 Å². The molecule has 1 atom stereocenters. The highest BCUT2D eigenvalue weighted by atomic mass is 16.5. The van der Waals surface area contributed by atoms with E-state index in [1.807, 2.05) is 13.8 Å². The van der Waals surface area contributed by atoms with Crippen LogP contribution >= 0.6 is 0 Å². The summed E-state index contributed by atoms with van der Waals surface area (Å²) in [4.78, 5) is 23.1. The smallest absolute Gasteiger partial charge is 0.339 e. The number of carboxylic acids is 1. The molecule has 0 heterocycles. The van der Waals surface area contributed by atoms with Crippen molar-refractivity contribution in [1.82, 2.24) is 0 Å². The minimum absolute atomic E-state index is 0.0305. The van der Waals surface area contributed by atoms with Gasteiger partial charge in [0.1, 0.15) is 12.7 Å². The molecule has 31 heavy (non-hydrogen) atoms. The van der Waals surface area contributed by atoms with Gasteiger partial charge in [-0.15, -0.1) is 6.58 Å². The quantitative estimate of drug-likeness (QED) is 0.210. The lowest BCUT2D eigenvalue weighted by atomic mass is 10.1. The Morgan fingerprint density at radius 2 is 1.45 bits per heavy atom. The van der Waals surface area contributed by atoms with E-state index in [2.05, 4.69) is 13.5 Å². The molecule has 0 bridgehead atoms. The first-order valence-electron chi connectivity index (χ1n) is 11.2. The van der Waals surface area contributed by atoms with E-state index in [1.165, 1.54) is 62.3 Å². The molecule has 0 saturated heterocycles. The van der Waals surface area contributed by atoms with Gasteiger partial charge in [0.15, 0.2) is 0 Å². The summed E-state index contributed by atoms with van der Waals surface area (Å²) in [5.41, 5.74) is 1.01. The van der Waals surface area contributed by atoms with Crippen molar-refractivity contribution in [2.24, 2.45) is 0 Å². The number of benzene rings is 1. The van der Waals surface area contributed by atoms with Crippen LogP contribution in [0.1, 0.15) is 92.9 Å². The summed E-state index contributed by atoms with van der Waals surface area (Å²) in [5, 5.41) is 18.9. The van der Waals surface area contributed by atoms with Crippen LogP contribution in [0.4, 0.5) is 0 Å². The number of carboxylic acid groups (broad SMARTS) is 1. The second kappa shape index (κ2) is 18.6. The van der Waals surface area contributed by atoms with Crippen molar-refractivity contribution in [2.45, 2.75) is 78.2 Å². The van der Waals surface area contributed by atoms with Crippen molar-refractivity contribution in [3.63, 3.8) is 0 Å². The first-order chi connectivity index (χ1) is 14.8. The van der Waals surface area contributed by atoms with Crippen molar-refractivity contribution in [3.05, 3.63) is 47.5 Å². The molecule has 6 nitrogen and oxygen atoms in total. The average molecular weight is 437 g/mol. The monoisotopic (exact) mass is 436 g/mol. The molecular weight excluding hydrogens is 396 g/mol. The molecule has 0 spiro atoms. The maximum atomic E-state index is 12.0. The molecule has 2 N–H and O–H groups in total. The Bertz CT molecular complexity index is 637. The summed E-state index contributed by atoms with van der Waals surface area (Å²) < 4.78 is 10.4. The van der Waals surface area contributed by atoms with Crippen molar-refractivity contribution < 1.29 is 29.3 Å². The van der Waals surface area contributed by atoms with Crippen LogP contribution in [0.25, 0.3) is 0 Å². The highest BCUT2D eigenvalue weighted by Gasteiger charge is 2.18. The first kappa shape index (κ1) is 28.8. The van der Waals surface area contributed by atoms with Crippen LogP contribution in [0.2, 0.25) is 0 Å². The summed E-state index contributed by atoms with van der Waals surface area (Å²) in [6.07, 6.45) is 8.78. The maximum Gasteiger partial charge on any atom is 0.339 e. The van der Waals surface area contributed by atoms with Gasteiger partial charge in [0.2, 0.25) is 0 Å². The summed E-state index contributed by atoms with van der Waals surface area (Å²) in [5.74, 6) is -1.97. The second-order valence-electron chi connectivity index (χ2n) is 7.86. The van der Waals surface area contributed by atoms with Crippen molar-refractivity contribution in [2.75, 3.05) is 19.8 Å². The van der Waals surface area contributed by atoms with Crippen molar-refractivity contribution in [3.8, 4) is 0 Å². The molecule has 1 rings (SSSR count). The molecule has 0 aliphatic heterocycles. The molecule has 0 aliphatic rings. The molecule has 0 fully saturated rings. The fourth-order valence-electron chi connectivity index (χ4n) is 2.70. The van der Waals surface area contributed by atoms with Crippen LogP contribution in [0, 0.1) is 0 Å². The summed E-state index contributed by atoms with van der Waals surface area (Å²) in [7, 11) is 0. The predicted molar refractivity (Wildman–Crippen MR) is 124 cm³/mol. The van der Waals surface area contributed by atoms with Crippen LogP contribution < -0.4 is 0 Å². The van der Waals surface area contributed by atoms with Crippen LogP contribution in [-0.4, -0.2) is 48.1 Å². The number of aliphatic hydroxyl groups excluding tert-OH is 1. The normalized spacial score (nSPS) is 11.2. The Hall–Kier alpha value is -2.18. The first-order valence-corrected chi connectivity index (χ1v) is 11.2. The highest BCUT2D eigenvalue weighted by Crippen LogP contribution is 2.11. The molecule has 1 aromatic rings. The molecule has 0 aliphatic carbocycles. The summed E-state index contributed by atoms with van der Waals surface area (Å²) >= 11 is 0. The average Bonchev–Trinajstić information content (AvgIpc) is 2.73. The fraction of sp³-hybridized carbons (Fsp3) is 0.600. The van der Waals surface area contributed by atoms with Crippen LogP contribution in [0.15, 0.2) is 36.4 Å². The number of unbranched alkanes of at least 4 members (excludes halogenated alkanes) is 7. The second-order valence-corrected chi connectivity index (χ2v) is 7.86. The zero-order valence-corrected chi connectivity index (χ0v) is 19.4. The molecular formula is C25H40O6. The van der Waals surface area contributed by atoms with Gasteiger partial charge in [-0.05, 0) is 32.4 Å². The van der Waals surface area contributed by atoms with E-state index in [1.54, 1.807) is 6.07 Å². The van der Waals surface area contributed by atoms with Gasteiger partial charge in [0.25, 0.3) is 0 Å². The fourth-order valence-corrected chi connectivity index (χ4v) is 2.70. The molecule has 1 unspecified atom stereocenters. The molecule has 0 amide bonds. The standard InChI is InChI=1S/C21H32O6.C4H8/c1-2-3-4-5-6-7-8-11-14-26-15-17(22)16-27-21(25)19-13-10-9-12-18(19)20(23)24;1-4(2)3/h9-10,12-13,17,22H,2-8,11,14-16H2,1H3,(H,23,24);1H2,2-3H3. The number of carbonyl (C=O) groups is 2. The number of allylic oxidation sites excluding steroid dienone is 1. The number of aromatic carboxylic acids is 1. The third-order valence-corrected chi connectivity index (χ3v) is 4.24. The highest BCUT2D eigenvalue weighted by molar-refractivity contribution is 6.02. The molecule has 1 aromatic carbocycles. The van der Waals surface area contributed by atoms with E-state index in [4.69, 9.17) is 14.6 Å². The molecule has 0 aromatic heterocycles. The third-order valence-electron chi connectivity index (χ3n) is 4.24. The van der Waals surface area contributed by atoms with Gasteiger partial charge in [-0.25, -0.2) is 9.59 Å². The van der Waals surface area contributed by atoms with E-state index in [-0.39, 0.29) is 24.3 Å². The van der Waals surface area contributed by atoms with Gasteiger partial charge in [-0.1, -0.05) is 69.6 Å². The Morgan fingerprint density at radius 1 is 0.935 bits per heavy atom. The zero-order chi connectivity index (χ0) is 23.5. The minimum atomic E-state index is -1.20. The van der Waals surface area contributed by atoms with E-state index < -0.39 is 18.0 Å². The third kappa shape index (κ3) is 16.2. The van der Waals surface area contributed by atoms with Gasteiger partial charge >= 0.3 is 11.9 Å². The summed E-state index contributed by atoms with van der Waals surface area (Å²) in [6.45, 7) is 10.1. The number of rotatable bonds is 15. The van der Waals surface area contributed by atoms with Gasteiger partial charge in [-0.3, -0.25) is 0 Å². The Morgan fingerprint density at radius 3 is 2.00 bits per heavy atom. The van der Waals surface area contributed by atoms with Gasteiger partial charge in [-0.2, -0.15) is 0 Å². The predicted octanol–water partition coefficient (Wildman–Crippen LogP) is 5.64. The van der Waals surface area contributed by atoms with E-state index >= 15 is 0 Å². The SMILES string of the molecule is C=C(C)C.CCCCCCCCCCOCC(O)COC(=O)c1ccccc1C(=O)O. The van der Waals surface area contributed by atoms with Gasteiger partial charge < -0.3 is 19.7 Å². The molecule has 176 valence electrons. The zero-order valence-electron chi connectivity index (χ0n) is 19.4. The lowest BCUT2D eigenvalue weighted by Crippen LogP contribution is -2.24. The number of hydrogen-bond donors (Lipinski definition) is 2. The van der Waals surface area contributed by atoms with Crippen LogP contribution in [0.3, 0.4) is 0 Å². The minimum Gasteiger partial charge on any atom is -0.478 e. The molecule has 0 radical (unpaired) electrons. The number of esters is 1. The lowest BCUT2D eigenvalue weighted by Gasteiger charge is -2.12. The number of ether oxygens (including phenoxy) is 2. The number of hydrogen-bond acceptors (Lipinski definition) is 5. The Kier molecular flexibility index (Phi) is 17.3. The Balaban J connectivity index is 0.00000206. The van der Waals surface area contributed by atoms with E-state index in [9.17, 15) is 14.7 Å². The van der Waals surface area contributed by atoms with Gasteiger partial charge in [0, 0.05) is 6.61 Å².